The Kier molecular flexibility index (Phi) is 32.4. The molecule has 0 aromatic heterocycles. The van der Waals surface area contributed by atoms with Gasteiger partial charge in [-0.3, -0.25) is 33.8 Å². The molecule has 0 saturated carbocycles. The number of carbonyl (C=O) groups excluding carboxylic acids is 5. The number of nitrogens with zero attached hydrogens (tertiary/aromatic N) is 1. The fourth-order valence-corrected chi connectivity index (χ4v) is 4.18. The smallest absolute Gasteiger partial charge is 0.334 e. The molecule has 0 bridgehead atoms. The molecule has 25 heteroatoms. The summed E-state index contributed by atoms with van der Waals surface area (Å²) in [7, 11) is 0. The van der Waals surface area contributed by atoms with Crippen molar-refractivity contribution in [3.05, 3.63) is 0 Å². The van der Waals surface area contributed by atoms with Crippen molar-refractivity contribution in [2.75, 3.05) is 19.7 Å². The zero-order valence-electron chi connectivity index (χ0n) is 35.0. The zero-order valence-corrected chi connectivity index (χ0v) is 35.0. The van der Waals surface area contributed by atoms with E-state index in [0.717, 1.165) is 19.4 Å². The van der Waals surface area contributed by atoms with Gasteiger partial charge >= 0.3 is 41.8 Å². The molecule has 348 valence electrons. The Morgan fingerprint density at radius 1 is 0.733 bits per heavy atom. The van der Waals surface area contributed by atoms with Crippen LogP contribution < -0.4 is 56.9 Å². The minimum Gasteiger partial charge on any atom is -0.480 e. The summed E-state index contributed by atoms with van der Waals surface area (Å²) in [6.07, 6.45) is 2.93. The molecule has 1 aliphatic rings. The number of nitrogens with one attached hydrogen (secondary N) is 1. The van der Waals surface area contributed by atoms with Gasteiger partial charge < -0.3 is 86.4 Å². The zero-order chi connectivity index (χ0) is 47.3. The van der Waals surface area contributed by atoms with Gasteiger partial charge in [0.2, 0.25) is 5.91 Å². The summed E-state index contributed by atoms with van der Waals surface area (Å²) >= 11 is 0. The van der Waals surface area contributed by atoms with Gasteiger partial charge in [-0.2, -0.15) is 0 Å². The molecule has 1 fully saturated rings. The van der Waals surface area contributed by atoms with Crippen molar-refractivity contribution in [3.63, 3.8) is 0 Å². The van der Waals surface area contributed by atoms with Crippen LogP contribution in [0.5, 0.6) is 0 Å². The number of carbonyl (C=O) groups is 8. The monoisotopic (exact) mass is 868 g/mol. The topological polar surface area (TPSA) is 484 Å². The van der Waals surface area contributed by atoms with Gasteiger partial charge in [0.1, 0.15) is 55.0 Å². The number of esters is 4. The molecule has 9 atom stereocenters. The fraction of sp³-hybridized carbons (Fsp3) is 0.743. The third kappa shape index (κ3) is 30.1. The Labute approximate surface area is 349 Å². The normalized spacial score (nSPS) is 16.9. The minimum absolute atomic E-state index is 0.0213. The average molecular weight is 868 g/mol. The van der Waals surface area contributed by atoms with Crippen molar-refractivity contribution < 1.29 is 67.9 Å². The van der Waals surface area contributed by atoms with Gasteiger partial charge in [-0.25, -0.2) is 9.59 Å². The SMILES string of the molecule is CC(C)C[C@H](N)C(=O)O[C@H](C)[C@H](N)C(=O)O.CC[C@H](C)[C@H](N)C(=O)OC(=O)[C@@H](N)COC(=O)[C@@H](N)CCCN=C(N)N.NC(=O)CC[C@H](N)C(=O)O.O=C(O)[C@@H]1CCCN1. The van der Waals surface area contributed by atoms with Gasteiger partial charge in [-0.05, 0) is 63.8 Å². The highest BCUT2D eigenvalue weighted by Crippen LogP contribution is 2.08. The summed E-state index contributed by atoms with van der Waals surface area (Å²) in [4.78, 5) is 91.2. The van der Waals surface area contributed by atoms with E-state index < -0.39 is 96.7 Å². The molecule has 0 aromatic rings. The van der Waals surface area contributed by atoms with E-state index in [4.69, 9.17) is 76.4 Å². The lowest BCUT2D eigenvalue weighted by Crippen LogP contribution is -2.45. The molecule has 0 aliphatic carbocycles. The molecule has 1 rings (SSSR count). The van der Waals surface area contributed by atoms with Crippen LogP contribution in [-0.2, 0) is 52.6 Å². The van der Waals surface area contributed by atoms with E-state index >= 15 is 0 Å². The molecular weight excluding hydrogens is 798 g/mol. The third-order valence-corrected chi connectivity index (χ3v) is 8.21. The maximum atomic E-state index is 11.7. The van der Waals surface area contributed by atoms with Crippen LogP contribution in [0.2, 0.25) is 0 Å². The number of carboxylic acid groups (broad SMARTS) is 3. The second kappa shape index (κ2) is 32.8. The first-order valence-electron chi connectivity index (χ1n) is 19.1. The first-order valence-corrected chi connectivity index (χ1v) is 19.1. The number of nitrogens with two attached hydrogens (primary N) is 9. The van der Waals surface area contributed by atoms with Crippen molar-refractivity contribution in [2.45, 2.75) is 134 Å². The van der Waals surface area contributed by atoms with E-state index in [2.05, 4.69) is 15.0 Å². The van der Waals surface area contributed by atoms with Crippen LogP contribution in [0, 0.1) is 11.8 Å². The van der Waals surface area contributed by atoms with Crippen LogP contribution >= 0.6 is 0 Å². The van der Waals surface area contributed by atoms with E-state index in [9.17, 15) is 38.4 Å². The molecule has 0 radical (unpaired) electrons. The largest absolute Gasteiger partial charge is 0.480 e. The lowest BCUT2D eigenvalue weighted by Gasteiger charge is -2.20. The van der Waals surface area contributed by atoms with Crippen LogP contribution in [0.4, 0.5) is 0 Å². The third-order valence-electron chi connectivity index (χ3n) is 8.21. The quantitative estimate of drug-likeness (QED) is 0.0123. The Bertz CT molecular complexity index is 1380. The summed E-state index contributed by atoms with van der Waals surface area (Å²) in [5.74, 6) is -6.75. The van der Waals surface area contributed by atoms with Crippen molar-refractivity contribution in [3.8, 4) is 0 Å². The summed E-state index contributed by atoms with van der Waals surface area (Å²) in [5.41, 5.74) is 47.9. The van der Waals surface area contributed by atoms with Crippen LogP contribution in [0.3, 0.4) is 0 Å². The molecule has 0 aromatic carbocycles. The van der Waals surface area contributed by atoms with E-state index in [1.807, 2.05) is 20.8 Å². The van der Waals surface area contributed by atoms with Gasteiger partial charge in [0.05, 0.1) is 0 Å². The van der Waals surface area contributed by atoms with Gasteiger partial charge in [-0.15, -0.1) is 0 Å². The highest BCUT2D eigenvalue weighted by atomic mass is 16.6. The second-order valence-electron chi connectivity index (χ2n) is 14.1. The molecule has 1 heterocycles. The van der Waals surface area contributed by atoms with E-state index in [1.165, 1.54) is 6.92 Å². The molecule has 25 nitrogen and oxygen atoms in total. The number of hydrogen-bond acceptors (Lipinski definition) is 19. The highest BCUT2D eigenvalue weighted by molar-refractivity contribution is 5.91. The van der Waals surface area contributed by atoms with Gasteiger partial charge in [0, 0.05) is 13.0 Å². The Morgan fingerprint density at radius 2 is 1.32 bits per heavy atom. The van der Waals surface area contributed by atoms with Gasteiger partial charge in [0.25, 0.3) is 0 Å². The molecule has 1 saturated heterocycles. The molecule has 0 spiro atoms. The number of amides is 1. The number of ether oxygens (including phenoxy) is 3. The Morgan fingerprint density at radius 3 is 1.73 bits per heavy atom. The number of hydrogen-bond donors (Lipinski definition) is 13. The molecule has 0 unspecified atom stereocenters. The lowest BCUT2D eigenvalue weighted by atomic mass is 10.0. The first-order chi connectivity index (χ1) is 27.7. The number of aliphatic imine (C=N–C) groups is 1. The fourth-order valence-electron chi connectivity index (χ4n) is 4.18. The number of guanidine groups is 1. The maximum Gasteiger partial charge on any atom is 0.334 e. The van der Waals surface area contributed by atoms with Crippen LogP contribution in [0.25, 0.3) is 0 Å². The molecule has 22 N–H and O–H groups in total. The highest BCUT2D eigenvalue weighted by Gasteiger charge is 2.28. The van der Waals surface area contributed by atoms with Crippen LogP contribution in [-0.4, -0.2) is 137 Å². The standard InChI is InChI=1S/C15H30N6O5.C10H20N2O4.C5H10N2O3.C5H9NO2/c1-3-8(2)11(18)14(24)26-13(23)10(17)7-25-12(22)9(16)5-4-6-21-15(19)20;1-5(2)4-7(11)10(15)16-6(3)8(12)9(13)14;6-3(5(9)10)1-2-4(7)8;7-5(8)4-2-1-3-6-4/h8-11H,3-7,16-18H2,1-2H3,(H4,19,20,21);5-8H,4,11-12H2,1-3H3,(H,13,14);3H,1-2,6H2,(H2,7,8)(H,9,10);4,6H,1-3H2,(H,7,8)/t8-,9-,10-,11-;6-,7+,8+;3-;4-/m0100/s1. The summed E-state index contributed by atoms with van der Waals surface area (Å²) in [6, 6.07) is -6.37. The van der Waals surface area contributed by atoms with E-state index in [0.29, 0.717) is 25.8 Å². The summed E-state index contributed by atoms with van der Waals surface area (Å²) in [6.45, 7) is 9.62. The predicted molar refractivity (Wildman–Crippen MR) is 217 cm³/mol. The Hall–Kier alpha value is -5.05. The summed E-state index contributed by atoms with van der Waals surface area (Å²) in [5, 5.41) is 28.0. The predicted octanol–water partition coefficient (Wildman–Crippen LogP) is -4.13. The molecule has 60 heavy (non-hydrogen) atoms. The summed E-state index contributed by atoms with van der Waals surface area (Å²) < 4.78 is 14.3. The molecular formula is C35H69N11O14. The van der Waals surface area contributed by atoms with Crippen molar-refractivity contribution in [2.24, 2.45) is 68.4 Å². The molecule has 1 aliphatic heterocycles. The van der Waals surface area contributed by atoms with Crippen molar-refractivity contribution in [1.29, 1.82) is 0 Å². The number of carboxylic acids is 3. The Balaban J connectivity index is -0.000000804. The van der Waals surface area contributed by atoms with Gasteiger partial charge in [-0.1, -0.05) is 34.1 Å². The first kappa shape index (κ1) is 59.3. The van der Waals surface area contributed by atoms with Crippen molar-refractivity contribution >= 4 is 53.7 Å². The van der Waals surface area contributed by atoms with Crippen LogP contribution in [0.15, 0.2) is 4.99 Å². The number of primary amides is 1. The second-order valence-corrected chi connectivity index (χ2v) is 14.1. The number of aliphatic carboxylic acids is 3. The van der Waals surface area contributed by atoms with Crippen molar-refractivity contribution in [1.82, 2.24) is 5.32 Å². The van der Waals surface area contributed by atoms with E-state index in [-0.39, 0.29) is 43.1 Å². The minimum atomic E-state index is -1.32. The lowest BCUT2D eigenvalue weighted by molar-refractivity contribution is -0.164. The van der Waals surface area contributed by atoms with Gasteiger partial charge in [0.15, 0.2) is 5.96 Å². The van der Waals surface area contributed by atoms with Crippen LogP contribution in [0.1, 0.15) is 86.0 Å². The van der Waals surface area contributed by atoms with E-state index in [1.54, 1.807) is 6.92 Å². The maximum absolute atomic E-state index is 11.7. The molecule has 1 amide bonds. The number of rotatable bonds is 22. The average Bonchev–Trinajstić information content (AvgIpc) is 3.72.